The molecule has 1 aliphatic heterocycles. The number of carboxylic acid groups (broad SMARTS) is 1. The maximum atomic E-state index is 10.9. The quantitative estimate of drug-likeness (QED) is 0.804. The average Bonchev–Trinajstić information content (AvgIpc) is 2.70. The number of aromatic carboxylic acids is 1. The van der Waals surface area contributed by atoms with Gasteiger partial charge in [-0.2, -0.15) is 0 Å². The van der Waals surface area contributed by atoms with Crippen LogP contribution in [0.4, 0.5) is 0 Å². The number of carboxylic acids is 1. The van der Waals surface area contributed by atoms with E-state index in [2.05, 4.69) is 4.90 Å². The van der Waals surface area contributed by atoms with Crippen molar-refractivity contribution in [3.8, 4) is 17.2 Å². The molecular weight excluding hydrogens is 346 g/mol. The van der Waals surface area contributed by atoms with E-state index in [-0.39, 0.29) is 6.10 Å². The van der Waals surface area contributed by atoms with Gasteiger partial charge in [0, 0.05) is 19.6 Å². The highest BCUT2D eigenvalue weighted by atomic mass is 16.5. The summed E-state index contributed by atoms with van der Waals surface area (Å²) < 4.78 is 17.0. The van der Waals surface area contributed by atoms with Gasteiger partial charge in [0.1, 0.15) is 6.10 Å². The lowest BCUT2D eigenvalue weighted by molar-refractivity contribution is 0.0696. The molecule has 1 fully saturated rings. The second-order valence-electron chi connectivity index (χ2n) is 6.59. The molecule has 1 aliphatic rings. The van der Waals surface area contributed by atoms with E-state index in [4.69, 9.17) is 19.3 Å². The predicted octanol–water partition coefficient (Wildman–Crippen LogP) is 3.45. The van der Waals surface area contributed by atoms with Gasteiger partial charge in [-0.3, -0.25) is 4.90 Å². The topological polar surface area (TPSA) is 68.2 Å². The van der Waals surface area contributed by atoms with Crippen molar-refractivity contribution >= 4 is 5.97 Å². The van der Waals surface area contributed by atoms with Crippen molar-refractivity contribution in [3.05, 3.63) is 53.6 Å². The van der Waals surface area contributed by atoms with Crippen molar-refractivity contribution in [3.63, 3.8) is 0 Å². The molecule has 0 amide bonds. The molecule has 1 saturated heterocycles. The van der Waals surface area contributed by atoms with Crippen molar-refractivity contribution in [1.82, 2.24) is 4.90 Å². The van der Waals surface area contributed by atoms with Crippen LogP contribution < -0.4 is 14.2 Å². The minimum atomic E-state index is -0.897. The van der Waals surface area contributed by atoms with Gasteiger partial charge in [0.05, 0.1) is 19.8 Å². The second kappa shape index (κ2) is 8.77. The molecule has 0 unspecified atom stereocenters. The Labute approximate surface area is 159 Å². The summed E-state index contributed by atoms with van der Waals surface area (Å²) >= 11 is 0. The fourth-order valence-corrected chi connectivity index (χ4v) is 3.30. The highest BCUT2D eigenvalue weighted by Gasteiger charge is 2.23. The monoisotopic (exact) mass is 371 g/mol. The van der Waals surface area contributed by atoms with Crippen LogP contribution in [-0.2, 0) is 6.54 Å². The number of hydrogen-bond donors (Lipinski definition) is 1. The third-order valence-electron chi connectivity index (χ3n) is 4.81. The van der Waals surface area contributed by atoms with Crippen LogP contribution in [0.25, 0.3) is 0 Å². The number of benzene rings is 2. The van der Waals surface area contributed by atoms with E-state index in [1.54, 1.807) is 26.4 Å². The summed E-state index contributed by atoms with van der Waals surface area (Å²) in [5.74, 6) is 1.11. The van der Waals surface area contributed by atoms with Crippen LogP contribution in [0.5, 0.6) is 17.2 Å². The number of piperidine rings is 1. The molecule has 144 valence electrons. The summed E-state index contributed by atoms with van der Waals surface area (Å²) in [7, 11) is 3.25. The van der Waals surface area contributed by atoms with Crippen LogP contribution in [0.1, 0.15) is 28.8 Å². The van der Waals surface area contributed by atoms with E-state index in [1.807, 2.05) is 30.3 Å². The van der Waals surface area contributed by atoms with Gasteiger partial charge in [-0.1, -0.05) is 18.2 Å². The number of ether oxygens (including phenoxy) is 3. The third kappa shape index (κ3) is 4.71. The molecule has 0 bridgehead atoms. The molecule has 2 aromatic carbocycles. The first kappa shape index (κ1) is 19.0. The van der Waals surface area contributed by atoms with Crippen LogP contribution in [0, 0.1) is 0 Å². The van der Waals surface area contributed by atoms with Crippen LogP contribution in [0.2, 0.25) is 0 Å². The Hall–Kier alpha value is -2.73. The van der Waals surface area contributed by atoms with Gasteiger partial charge in [0.25, 0.3) is 0 Å². The molecule has 0 spiro atoms. The molecule has 0 saturated carbocycles. The zero-order valence-corrected chi connectivity index (χ0v) is 15.7. The van der Waals surface area contributed by atoms with Gasteiger partial charge in [-0.05, 0) is 42.7 Å². The maximum absolute atomic E-state index is 10.9. The average molecular weight is 371 g/mol. The summed E-state index contributed by atoms with van der Waals surface area (Å²) in [5, 5.41) is 8.98. The van der Waals surface area contributed by atoms with E-state index in [0.717, 1.165) is 38.0 Å². The molecule has 1 N–H and O–H groups in total. The summed E-state index contributed by atoms with van der Waals surface area (Å²) in [6, 6.07) is 12.7. The molecule has 0 aliphatic carbocycles. The minimum absolute atomic E-state index is 0.112. The smallest absolute Gasteiger partial charge is 0.335 e. The highest BCUT2D eigenvalue weighted by Crippen LogP contribution is 2.38. The number of likely N-dealkylation sites (tertiary alicyclic amines) is 1. The molecule has 1 heterocycles. The van der Waals surface area contributed by atoms with Gasteiger partial charge in [0.2, 0.25) is 5.75 Å². The van der Waals surface area contributed by atoms with E-state index in [9.17, 15) is 4.79 Å². The summed E-state index contributed by atoms with van der Waals surface area (Å²) in [6.45, 7) is 2.65. The zero-order valence-electron chi connectivity index (χ0n) is 15.7. The fourth-order valence-electron chi connectivity index (χ4n) is 3.30. The fraction of sp³-hybridized carbons (Fsp3) is 0.381. The normalized spacial score (nSPS) is 15.3. The molecule has 3 rings (SSSR count). The van der Waals surface area contributed by atoms with Gasteiger partial charge in [0.15, 0.2) is 11.5 Å². The molecule has 0 atom stereocenters. The third-order valence-corrected chi connectivity index (χ3v) is 4.81. The molecule has 6 nitrogen and oxygen atoms in total. The Morgan fingerprint density at radius 3 is 2.15 bits per heavy atom. The van der Waals surface area contributed by atoms with E-state index < -0.39 is 5.97 Å². The van der Waals surface area contributed by atoms with Crippen molar-refractivity contribution in [2.24, 2.45) is 0 Å². The Kier molecular flexibility index (Phi) is 6.19. The first-order chi connectivity index (χ1) is 13.1. The van der Waals surface area contributed by atoms with Gasteiger partial charge in [-0.25, -0.2) is 4.79 Å². The molecular formula is C21H25NO5. The lowest BCUT2D eigenvalue weighted by Gasteiger charge is -2.32. The van der Waals surface area contributed by atoms with Crippen LogP contribution in [0.3, 0.4) is 0 Å². The Bertz CT molecular complexity index is 744. The number of rotatable bonds is 7. The van der Waals surface area contributed by atoms with Crippen LogP contribution >= 0.6 is 0 Å². The molecule has 27 heavy (non-hydrogen) atoms. The van der Waals surface area contributed by atoms with Crippen molar-refractivity contribution in [1.29, 1.82) is 0 Å². The summed E-state index contributed by atoms with van der Waals surface area (Å²) in [4.78, 5) is 13.3. The number of carbonyl (C=O) groups is 1. The lowest BCUT2D eigenvalue weighted by Crippen LogP contribution is -2.37. The van der Waals surface area contributed by atoms with E-state index >= 15 is 0 Å². The number of methoxy groups -OCH3 is 2. The number of para-hydroxylation sites is 1. The summed E-state index contributed by atoms with van der Waals surface area (Å²) in [6.07, 6.45) is 1.93. The Morgan fingerprint density at radius 1 is 1.04 bits per heavy atom. The van der Waals surface area contributed by atoms with Gasteiger partial charge in [-0.15, -0.1) is 0 Å². The van der Waals surface area contributed by atoms with Gasteiger partial charge < -0.3 is 19.3 Å². The first-order valence-electron chi connectivity index (χ1n) is 9.03. The SMILES string of the molecule is COc1cccc(OC)c1OC1CCN(Cc2ccc(C(=O)O)cc2)CC1. The maximum Gasteiger partial charge on any atom is 0.335 e. The lowest BCUT2D eigenvalue weighted by atomic mass is 10.1. The zero-order chi connectivity index (χ0) is 19.2. The second-order valence-corrected chi connectivity index (χ2v) is 6.59. The predicted molar refractivity (Wildman–Crippen MR) is 102 cm³/mol. The largest absolute Gasteiger partial charge is 0.493 e. The standard InChI is InChI=1S/C21H25NO5/c1-25-18-4-3-5-19(26-2)20(18)27-17-10-12-22(13-11-17)14-15-6-8-16(9-7-15)21(23)24/h3-9,17H,10-14H2,1-2H3,(H,23,24). The van der Waals surface area contributed by atoms with Crippen molar-refractivity contribution < 1.29 is 24.1 Å². The van der Waals surface area contributed by atoms with Crippen molar-refractivity contribution in [2.45, 2.75) is 25.5 Å². The minimum Gasteiger partial charge on any atom is -0.493 e. The molecule has 0 aromatic heterocycles. The molecule has 2 aromatic rings. The van der Waals surface area contributed by atoms with Crippen LogP contribution in [-0.4, -0.2) is 49.4 Å². The van der Waals surface area contributed by atoms with E-state index in [1.165, 1.54) is 0 Å². The first-order valence-corrected chi connectivity index (χ1v) is 9.03. The number of nitrogens with zero attached hydrogens (tertiary/aromatic N) is 1. The Balaban J connectivity index is 1.56. The van der Waals surface area contributed by atoms with Crippen LogP contribution in [0.15, 0.2) is 42.5 Å². The van der Waals surface area contributed by atoms with E-state index in [0.29, 0.717) is 22.8 Å². The molecule has 0 radical (unpaired) electrons. The van der Waals surface area contributed by atoms with Crippen molar-refractivity contribution in [2.75, 3.05) is 27.3 Å². The van der Waals surface area contributed by atoms with Gasteiger partial charge >= 0.3 is 5.97 Å². The Morgan fingerprint density at radius 2 is 1.63 bits per heavy atom. The highest BCUT2D eigenvalue weighted by molar-refractivity contribution is 5.87. The molecule has 6 heteroatoms. The summed E-state index contributed by atoms with van der Waals surface area (Å²) in [5.41, 5.74) is 1.43. The number of hydrogen-bond acceptors (Lipinski definition) is 5.